The van der Waals surface area contributed by atoms with Crippen LogP contribution in [0, 0.1) is 0 Å². The number of amides is 1. The van der Waals surface area contributed by atoms with Gasteiger partial charge in [0.1, 0.15) is 0 Å². The average Bonchev–Trinajstić information content (AvgIpc) is 2.23. The van der Waals surface area contributed by atoms with Crippen molar-refractivity contribution in [2.75, 3.05) is 6.54 Å². The molecule has 1 atom stereocenters. The molecule has 0 spiro atoms. The molecule has 86 valence electrons. The van der Waals surface area contributed by atoms with Gasteiger partial charge in [-0.1, -0.05) is 45.3 Å². The first-order chi connectivity index (χ1) is 7.29. The van der Waals surface area contributed by atoms with Crippen LogP contribution < -0.4 is 0 Å². The quantitative estimate of drug-likeness (QED) is 0.466. The van der Waals surface area contributed by atoms with Gasteiger partial charge in [0.2, 0.25) is 5.91 Å². The molecule has 1 fully saturated rings. The Balaban J connectivity index is 2.22. The van der Waals surface area contributed by atoms with Crippen LogP contribution in [0.4, 0.5) is 0 Å². The normalized spacial score (nSPS) is 21.1. The second-order valence-electron chi connectivity index (χ2n) is 4.31. The molecular formula is C13H23NO. The van der Waals surface area contributed by atoms with E-state index in [-0.39, 0.29) is 0 Å². The summed E-state index contributed by atoms with van der Waals surface area (Å²) in [6.45, 7) is 5.20. The highest BCUT2D eigenvalue weighted by Crippen LogP contribution is 2.23. The zero-order chi connectivity index (χ0) is 11.1. The molecule has 2 heteroatoms. The third-order valence-corrected chi connectivity index (χ3v) is 2.99. The van der Waals surface area contributed by atoms with E-state index < -0.39 is 0 Å². The van der Waals surface area contributed by atoms with Crippen molar-refractivity contribution in [1.29, 1.82) is 0 Å². The highest BCUT2D eigenvalue weighted by atomic mass is 16.2. The molecular weight excluding hydrogens is 186 g/mol. The molecule has 0 aromatic rings. The van der Waals surface area contributed by atoms with Gasteiger partial charge in [0, 0.05) is 19.0 Å². The minimum Gasteiger partial charge on any atom is -0.335 e. The Labute approximate surface area is 93.3 Å². The Bertz CT molecular complexity index is 223. The first-order valence-corrected chi connectivity index (χ1v) is 6.24. The van der Waals surface area contributed by atoms with E-state index in [1.165, 1.54) is 25.7 Å². The van der Waals surface area contributed by atoms with Crippen LogP contribution in [-0.2, 0) is 4.79 Å². The SMILES string of the molecule is CCC/C=C\CN1C(=O)CC1CCCC. The van der Waals surface area contributed by atoms with E-state index in [0.29, 0.717) is 11.9 Å². The Morgan fingerprint density at radius 3 is 2.73 bits per heavy atom. The molecule has 0 saturated carbocycles. The van der Waals surface area contributed by atoms with Crippen LogP contribution in [0.5, 0.6) is 0 Å². The van der Waals surface area contributed by atoms with Gasteiger partial charge in [-0.2, -0.15) is 0 Å². The van der Waals surface area contributed by atoms with E-state index in [9.17, 15) is 4.79 Å². The fourth-order valence-electron chi connectivity index (χ4n) is 1.94. The van der Waals surface area contributed by atoms with E-state index in [2.05, 4.69) is 26.0 Å². The van der Waals surface area contributed by atoms with Gasteiger partial charge >= 0.3 is 0 Å². The van der Waals surface area contributed by atoms with Gasteiger partial charge in [-0.05, 0) is 12.8 Å². The Kier molecular flexibility index (Phi) is 5.44. The van der Waals surface area contributed by atoms with Crippen molar-refractivity contribution < 1.29 is 4.79 Å². The molecule has 0 bridgehead atoms. The summed E-state index contributed by atoms with van der Waals surface area (Å²) < 4.78 is 0. The highest BCUT2D eigenvalue weighted by Gasteiger charge is 2.33. The van der Waals surface area contributed by atoms with Crippen molar-refractivity contribution in [2.45, 2.75) is 58.4 Å². The predicted octanol–water partition coefficient (Wildman–Crippen LogP) is 3.13. The number of unbranched alkanes of at least 4 members (excludes halogenated alkanes) is 2. The Hall–Kier alpha value is -0.790. The number of hydrogen-bond acceptors (Lipinski definition) is 1. The molecule has 1 aliphatic rings. The summed E-state index contributed by atoms with van der Waals surface area (Å²) in [5.74, 6) is 0.331. The lowest BCUT2D eigenvalue weighted by molar-refractivity contribution is -0.145. The summed E-state index contributed by atoms with van der Waals surface area (Å²) in [5.41, 5.74) is 0. The number of β-lactam (4-membered cyclic amide) rings is 1. The highest BCUT2D eigenvalue weighted by molar-refractivity contribution is 5.83. The van der Waals surface area contributed by atoms with Gasteiger partial charge in [-0.3, -0.25) is 4.79 Å². The van der Waals surface area contributed by atoms with Crippen LogP contribution in [-0.4, -0.2) is 23.4 Å². The number of allylic oxidation sites excluding steroid dienone is 1. The number of carbonyl (C=O) groups excluding carboxylic acids is 1. The first-order valence-electron chi connectivity index (χ1n) is 6.24. The molecule has 1 aliphatic heterocycles. The van der Waals surface area contributed by atoms with Crippen LogP contribution in [0.3, 0.4) is 0 Å². The summed E-state index contributed by atoms with van der Waals surface area (Å²) in [6, 6.07) is 0.531. The summed E-state index contributed by atoms with van der Waals surface area (Å²) in [7, 11) is 0. The molecule has 0 N–H and O–H groups in total. The van der Waals surface area contributed by atoms with Crippen molar-refractivity contribution in [3.05, 3.63) is 12.2 Å². The number of likely N-dealkylation sites (tertiary alicyclic amines) is 1. The van der Waals surface area contributed by atoms with Crippen molar-refractivity contribution in [3.8, 4) is 0 Å². The number of carbonyl (C=O) groups is 1. The van der Waals surface area contributed by atoms with Crippen LogP contribution in [0.2, 0.25) is 0 Å². The summed E-state index contributed by atoms with van der Waals surface area (Å²) >= 11 is 0. The van der Waals surface area contributed by atoms with E-state index >= 15 is 0 Å². The molecule has 1 heterocycles. The van der Waals surface area contributed by atoms with Gasteiger partial charge in [0.05, 0.1) is 0 Å². The van der Waals surface area contributed by atoms with E-state index in [4.69, 9.17) is 0 Å². The largest absolute Gasteiger partial charge is 0.335 e. The minimum absolute atomic E-state index is 0.331. The first kappa shape index (κ1) is 12.3. The minimum atomic E-state index is 0.331. The molecule has 0 aliphatic carbocycles. The maximum atomic E-state index is 11.4. The smallest absolute Gasteiger partial charge is 0.225 e. The Morgan fingerprint density at radius 1 is 1.33 bits per heavy atom. The van der Waals surface area contributed by atoms with E-state index in [1.54, 1.807) is 0 Å². The number of nitrogens with zero attached hydrogens (tertiary/aromatic N) is 1. The summed E-state index contributed by atoms with van der Waals surface area (Å²) in [4.78, 5) is 13.4. The van der Waals surface area contributed by atoms with E-state index in [0.717, 1.165) is 19.4 Å². The molecule has 2 nitrogen and oxygen atoms in total. The molecule has 1 amide bonds. The van der Waals surface area contributed by atoms with Crippen LogP contribution in [0.25, 0.3) is 0 Å². The maximum Gasteiger partial charge on any atom is 0.225 e. The standard InChI is InChI=1S/C13H23NO/c1-3-5-7-8-10-14-12(9-6-4-2)11-13(14)15/h7-8,12H,3-6,9-11H2,1-2H3/b8-7-. The molecule has 1 unspecified atom stereocenters. The zero-order valence-electron chi connectivity index (χ0n) is 10.0. The Morgan fingerprint density at radius 2 is 2.13 bits per heavy atom. The van der Waals surface area contributed by atoms with E-state index in [1.807, 2.05) is 4.90 Å². The zero-order valence-corrected chi connectivity index (χ0v) is 10.0. The number of rotatable bonds is 7. The maximum absolute atomic E-state index is 11.4. The fourth-order valence-corrected chi connectivity index (χ4v) is 1.94. The molecule has 15 heavy (non-hydrogen) atoms. The third-order valence-electron chi connectivity index (χ3n) is 2.99. The predicted molar refractivity (Wildman–Crippen MR) is 63.7 cm³/mol. The fraction of sp³-hybridized carbons (Fsp3) is 0.769. The lowest BCUT2D eigenvalue weighted by Crippen LogP contribution is -2.52. The summed E-state index contributed by atoms with van der Waals surface area (Å²) in [5, 5.41) is 0. The van der Waals surface area contributed by atoms with Crippen LogP contribution in [0.1, 0.15) is 52.4 Å². The van der Waals surface area contributed by atoms with Gasteiger partial charge in [0.15, 0.2) is 0 Å². The van der Waals surface area contributed by atoms with Gasteiger partial charge in [-0.25, -0.2) is 0 Å². The van der Waals surface area contributed by atoms with Gasteiger partial charge < -0.3 is 4.90 Å². The van der Waals surface area contributed by atoms with Crippen molar-refractivity contribution >= 4 is 5.91 Å². The molecule has 1 rings (SSSR count). The molecule has 0 aromatic heterocycles. The lowest BCUT2D eigenvalue weighted by Gasteiger charge is -2.40. The van der Waals surface area contributed by atoms with Gasteiger partial charge in [-0.15, -0.1) is 0 Å². The lowest BCUT2D eigenvalue weighted by atomic mass is 9.96. The molecule has 0 radical (unpaired) electrons. The molecule has 1 saturated heterocycles. The van der Waals surface area contributed by atoms with Crippen LogP contribution >= 0.6 is 0 Å². The molecule has 0 aromatic carbocycles. The van der Waals surface area contributed by atoms with Crippen molar-refractivity contribution in [3.63, 3.8) is 0 Å². The van der Waals surface area contributed by atoms with Gasteiger partial charge in [0.25, 0.3) is 0 Å². The third kappa shape index (κ3) is 3.69. The summed E-state index contributed by atoms with van der Waals surface area (Å²) in [6.07, 6.45) is 11.1. The average molecular weight is 209 g/mol. The van der Waals surface area contributed by atoms with Crippen molar-refractivity contribution in [1.82, 2.24) is 4.90 Å². The second kappa shape index (κ2) is 6.65. The van der Waals surface area contributed by atoms with Crippen LogP contribution in [0.15, 0.2) is 12.2 Å². The van der Waals surface area contributed by atoms with Crippen molar-refractivity contribution in [2.24, 2.45) is 0 Å². The number of hydrogen-bond donors (Lipinski definition) is 0. The topological polar surface area (TPSA) is 20.3 Å². The second-order valence-corrected chi connectivity index (χ2v) is 4.31. The monoisotopic (exact) mass is 209 g/mol.